The third-order valence-electron chi connectivity index (χ3n) is 3.18. The molecular formula is C12H12Cl2N2. The number of hydrogen-bond acceptors (Lipinski definition) is 2. The predicted octanol–water partition coefficient (Wildman–Crippen LogP) is 4.02. The zero-order valence-corrected chi connectivity index (χ0v) is 10.4. The Labute approximate surface area is 105 Å². The lowest BCUT2D eigenvalue weighted by Crippen LogP contribution is -2.36. The monoisotopic (exact) mass is 254 g/mol. The van der Waals surface area contributed by atoms with Crippen molar-refractivity contribution in [2.45, 2.75) is 25.8 Å². The standard InChI is InChI=1S/C12H12Cl2N2/c13-8-5-10(14)9-7-16-4-2-1-3-12(16)15-11(9)6-8/h5-6H,1-4,7H2. The Morgan fingerprint density at radius 3 is 2.94 bits per heavy atom. The van der Waals surface area contributed by atoms with E-state index in [9.17, 15) is 0 Å². The molecular weight excluding hydrogens is 243 g/mol. The Kier molecular flexibility index (Phi) is 2.56. The van der Waals surface area contributed by atoms with Crippen LogP contribution < -0.4 is 0 Å². The molecule has 0 radical (unpaired) electrons. The molecule has 0 unspecified atom stereocenters. The minimum atomic E-state index is 0.664. The normalized spacial score (nSPS) is 18.9. The van der Waals surface area contributed by atoms with Crippen LogP contribution in [0.4, 0.5) is 5.69 Å². The first-order valence-corrected chi connectivity index (χ1v) is 6.30. The van der Waals surface area contributed by atoms with Gasteiger partial charge in [-0.25, -0.2) is 4.99 Å². The van der Waals surface area contributed by atoms with E-state index < -0.39 is 0 Å². The highest BCUT2D eigenvalue weighted by Gasteiger charge is 2.24. The van der Waals surface area contributed by atoms with Gasteiger partial charge in [0, 0.05) is 35.1 Å². The van der Waals surface area contributed by atoms with E-state index in [0.717, 1.165) is 35.8 Å². The molecule has 4 heteroatoms. The molecule has 2 aliphatic heterocycles. The molecule has 84 valence electrons. The summed E-state index contributed by atoms with van der Waals surface area (Å²) in [6.45, 7) is 1.97. The largest absolute Gasteiger partial charge is 0.356 e. The van der Waals surface area contributed by atoms with Crippen LogP contribution >= 0.6 is 23.2 Å². The molecule has 1 fully saturated rings. The molecule has 3 rings (SSSR count). The molecule has 0 spiro atoms. The summed E-state index contributed by atoms with van der Waals surface area (Å²) in [5, 5.41) is 1.40. The van der Waals surface area contributed by atoms with Gasteiger partial charge in [-0.1, -0.05) is 23.2 Å². The molecule has 0 atom stereocenters. The van der Waals surface area contributed by atoms with E-state index in [2.05, 4.69) is 9.89 Å². The summed E-state index contributed by atoms with van der Waals surface area (Å²) in [4.78, 5) is 6.99. The molecule has 0 bridgehead atoms. The number of halogens is 2. The average molecular weight is 255 g/mol. The Morgan fingerprint density at radius 2 is 2.06 bits per heavy atom. The molecule has 0 saturated carbocycles. The third-order valence-corrected chi connectivity index (χ3v) is 3.73. The van der Waals surface area contributed by atoms with Gasteiger partial charge in [0.05, 0.1) is 5.69 Å². The highest BCUT2D eigenvalue weighted by atomic mass is 35.5. The molecule has 1 saturated heterocycles. The number of rotatable bonds is 0. The van der Waals surface area contributed by atoms with Gasteiger partial charge in [0.25, 0.3) is 0 Å². The van der Waals surface area contributed by atoms with E-state index in [1.807, 2.05) is 6.07 Å². The fraction of sp³-hybridized carbons (Fsp3) is 0.417. The van der Waals surface area contributed by atoms with Crippen molar-refractivity contribution in [2.75, 3.05) is 6.54 Å². The minimum Gasteiger partial charge on any atom is -0.356 e. The highest BCUT2D eigenvalue weighted by molar-refractivity contribution is 6.35. The maximum Gasteiger partial charge on any atom is 0.105 e. The van der Waals surface area contributed by atoms with E-state index >= 15 is 0 Å². The number of hydrogen-bond donors (Lipinski definition) is 0. The van der Waals surface area contributed by atoms with Crippen LogP contribution in [0.25, 0.3) is 0 Å². The Bertz CT molecular complexity index is 468. The smallest absolute Gasteiger partial charge is 0.105 e. The lowest BCUT2D eigenvalue weighted by atomic mass is 10.0. The number of piperidine rings is 1. The van der Waals surface area contributed by atoms with Gasteiger partial charge < -0.3 is 4.90 Å². The van der Waals surface area contributed by atoms with Crippen molar-refractivity contribution in [2.24, 2.45) is 4.99 Å². The molecule has 2 aliphatic rings. The topological polar surface area (TPSA) is 15.6 Å². The average Bonchev–Trinajstić information content (AvgIpc) is 2.27. The second kappa shape index (κ2) is 3.94. The zero-order valence-electron chi connectivity index (χ0n) is 8.84. The predicted molar refractivity (Wildman–Crippen MR) is 67.8 cm³/mol. The van der Waals surface area contributed by atoms with Crippen LogP contribution in [0, 0.1) is 0 Å². The molecule has 16 heavy (non-hydrogen) atoms. The van der Waals surface area contributed by atoms with Gasteiger partial charge in [-0.05, 0) is 25.0 Å². The Hall–Kier alpha value is -0.730. The second-order valence-corrected chi connectivity index (χ2v) is 5.14. The third kappa shape index (κ3) is 1.70. The molecule has 0 amide bonds. The van der Waals surface area contributed by atoms with Gasteiger partial charge in [0.15, 0.2) is 0 Å². The van der Waals surface area contributed by atoms with Crippen LogP contribution in [0.15, 0.2) is 17.1 Å². The number of nitrogens with zero attached hydrogens (tertiary/aromatic N) is 2. The molecule has 0 N–H and O–H groups in total. The number of benzene rings is 1. The van der Waals surface area contributed by atoms with Crippen LogP contribution in [-0.4, -0.2) is 17.3 Å². The van der Waals surface area contributed by atoms with Crippen LogP contribution in [-0.2, 0) is 6.54 Å². The van der Waals surface area contributed by atoms with Gasteiger partial charge in [0.2, 0.25) is 0 Å². The second-order valence-electron chi connectivity index (χ2n) is 4.29. The SMILES string of the molecule is Clc1cc(Cl)c2c(c1)N=C1CCCCN1C2. The van der Waals surface area contributed by atoms with Crippen LogP contribution in [0.1, 0.15) is 24.8 Å². The van der Waals surface area contributed by atoms with Crippen molar-refractivity contribution >= 4 is 34.7 Å². The fourth-order valence-corrected chi connectivity index (χ4v) is 2.89. The summed E-state index contributed by atoms with van der Waals surface area (Å²) >= 11 is 12.2. The molecule has 0 aromatic heterocycles. The molecule has 2 nitrogen and oxygen atoms in total. The van der Waals surface area contributed by atoms with Crippen molar-refractivity contribution in [1.82, 2.24) is 4.90 Å². The summed E-state index contributed by atoms with van der Waals surface area (Å²) in [6, 6.07) is 3.70. The first-order chi connectivity index (χ1) is 7.74. The summed E-state index contributed by atoms with van der Waals surface area (Å²) in [5.41, 5.74) is 2.06. The van der Waals surface area contributed by atoms with Crippen LogP contribution in [0.5, 0.6) is 0 Å². The number of aliphatic imine (C=N–C) groups is 1. The van der Waals surface area contributed by atoms with Crippen molar-refractivity contribution < 1.29 is 0 Å². The van der Waals surface area contributed by atoms with E-state index in [4.69, 9.17) is 23.2 Å². The first kappa shape index (κ1) is 10.4. The van der Waals surface area contributed by atoms with E-state index in [1.54, 1.807) is 6.07 Å². The van der Waals surface area contributed by atoms with Crippen molar-refractivity contribution in [3.63, 3.8) is 0 Å². The van der Waals surface area contributed by atoms with E-state index in [0.29, 0.717) is 5.02 Å². The maximum atomic E-state index is 6.20. The summed E-state index contributed by atoms with van der Waals surface area (Å²) in [5.74, 6) is 1.19. The number of amidine groups is 1. The van der Waals surface area contributed by atoms with Crippen molar-refractivity contribution in [1.29, 1.82) is 0 Å². The quantitative estimate of drug-likeness (QED) is 0.683. The van der Waals surface area contributed by atoms with Gasteiger partial charge in [-0.2, -0.15) is 0 Å². The van der Waals surface area contributed by atoms with E-state index in [1.165, 1.54) is 18.7 Å². The van der Waals surface area contributed by atoms with Crippen molar-refractivity contribution in [3.8, 4) is 0 Å². The molecule has 1 aromatic carbocycles. The first-order valence-electron chi connectivity index (χ1n) is 5.54. The molecule has 1 aromatic rings. The number of fused-ring (bicyclic) bond motifs is 2. The Balaban J connectivity index is 2.09. The summed E-state index contributed by atoms with van der Waals surface area (Å²) in [7, 11) is 0. The van der Waals surface area contributed by atoms with E-state index in [-0.39, 0.29) is 0 Å². The summed E-state index contributed by atoms with van der Waals surface area (Å²) in [6.07, 6.45) is 3.56. The fourth-order valence-electron chi connectivity index (χ4n) is 2.35. The summed E-state index contributed by atoms with van der Waals surface area (Å²) < 4.78 is 0. The zero-order chi connectivity index (χ0) is 11.1. The Morgan fingerprint density at radius 1 is 1.19 bits per heavy atom. The van der Waals surface area contributed by atoms with Crippen LogP contribution in [0.2, 0.25) is 10.0 Å². The van der Waals surface area contributed by atoms with Crippen molar-refractivity contribution in [3.05, 3.63) is 27.7 Å². The minimum absolute atomic E-state index is 0.664. The van der Waals surface area contributed by atoms with Gasteiger partial charge in [-0.15, -0.1) is 0 Å². The molecule has 0 aliphatic carbocycles. The maximum absolute atomic E-state index is 6.20. The lowest BCUT2D eigenvalue weighted by Gasteiger charge is -2.34. The lowest BCUT2D eigenvalue weighted by molar-refractivity contribution is 0.359. The van der Waals surface area contributed by atoms with Crippen LogP contribution in [0.3, 0.4) is 0 Å². The molecule has 2 heterocycles. The van der Waals surface area contributed by atoms with Gasteiger partial charge in [0.1, 0.15) is 5.84 Å². The van der Waals surface area contributed by atoms with Gasteiger partial charge in [-0.3, -0.25) is 0 Å². The van der Waals surface area contributed by atoms with Gasteiger partial charge >= 0.3 is 0 Å². The highest BCUT2D eigenvalue weighted by Crippen LogP contribution is 2.36.